The van der Waals surface area contributed by atoms with Crippen molar-refractivity contribution in [2.75, 3.05) is 6.61 Å². The third-order valence-corrected chi connectivity index (χ3v) is 4.69. The van der Waals surface area contributed by atoms with Crippen LogP contribution in [0.2, 0.25) is 0 Å². The third kappa shape index (κ3) is 3.59. The summed E-state index contributed by atoms with van der Waals surface area (Å²) >= 11 is 3.14. The second kappa shape index (κ2) is 5.35. The van der Waals surface area contributed by atoms with Gasteiger partial charge >= 0.3 is 0 Å². The van der Waals surface area contributed by atoms with E-state index in [0.29, 0.717) is 11.1 Å². The average molecular weight is 358 g/mol. The maximum Gasteiger partial charge on any atom is 0.264 e. The van der Waals surface area contributed by atoms with E-state index in [1.807, 2.05) is 0 Å². The molecule has 0 aromatic heterocycles. The van der Waals surface area contributed by atoms with Gasteiger partial charge in [-0.2, -0.15) is 0 Å². The van der Waals surface area contributed by atoms with Crippen LogP contribution >= 0.6 is 26.6 Å². The van der Waals surface area contributed by atoms with Crippen LogP contribution in [-0.2, 0) is 9.05 Å². The topological polar surface area (TPSA) is 43.4 Å². The fraction of sp³-hybridized carbons (Fsp3) is 0.455. The van der Waals surface area contributed by atoms with Gasteiger partial charge in [0.15, 0.2) is 0 Å². The zero-order valence-electron chi connectivity index (χ0n) is 9.33. The lowest BCUT2D eigenvalue weighted by atomic mass is 10.3. The molecule has 1 fully saturated rings. The molecule has 0 spiro atoms. The van der Waals surface area contributed by atoms with Crippen molar-refractivity contribution in [3.8, 4) is 5.75 Å². The Hall–Kier alpha value is -0.330. The molecule has 1 aliphatic carbocycles. The van der Waals surface area contributed by atoms with Crippen molar-refractivity contribution in [3.05, 3.63) is 22.4 Å². The van der Waals surface area contributed by atoms with Gasteiger partial charge in [-0.15, -0.1) is 0 Å². The van der Waals surface area contributed by atoms with Gasteiger partial charge in [-0.25, -0.2) is 12.8 Å². The van der Waals surface area contributed by atoms with Crippen molar-refractivity contribution in [2.24, 2.45) is 5.92 Å². The summed E-state index contributed by atoms with van der Waals surface area (Å²) in [6.45, 7) is 0.496. The second-order valence-electron chi connectivity index (χ2n) is 4.23. The molecule has 0 amide bonds. The Kier molecular flexibility index (Phi) is 4.18. The molecule has 1 saturated carbocycles. The van der Waals surface area contributed by atoms with Gasteiger partial charge in [-0.3, -0.25) is 0 Å². The highest BCUT2D eigenvalue weighted by Crippen LogP contribution is 2.34. The van der Waals surface area contributed by atoms with Gasteiger partial charge in [0.2, 0.25) is 0 Å². The van der Waals surface area contributed by atoms with Gasteiger partial charge in [-0.05, 0) is 34.3 Å². The normalized spacial score (nSPS) is 15.7. The summed E-state index contributed by atoms with van der Waals surface area (Å²) in [5.74, 6) is 0.1000. The first-order valence-corrected chi connectivity index (χ1v) is 8.54. The van der Waals surface area contributed by atoms with E-state index in [-0.39, 0.29) is 5.75 Å². The van der Waals surface area contributed by atoms with Crippen LogP contribution in [0.4, 0.5) is 4.39 Å². The summed E-state index contributed by atoms with van der Waals surface area (Å²) in [5.41, 5.74) is 0. The molecule has 0 saturated heterocycles. The summed E-state index contributed by atoms with van der Waals surface area (Å²) in [6, 6.07) is 2.15. The fourth-order valence-electron chi connectivity index (χ4n) is 1.55. The minimum Gasteiger partial charge on any atom is -0.492 e. The lowest BCUT2D eigenvalue weighted by Gasteiger charge is -2.09. The molecular formula is C11H11BrClFO3S. The third-order valence-electron chi connectivity index (χ3n) is 2.73. The predicted molar refractivity (Wildman–Crippen MR) is 70.0 cm³/mol. The summed E-state index contributed by atoms with van der Waals surface area (Å²) in [7, 11) is 1.03. The van der Waals surface area contributed by atoms with Crippen LogP contribution in [0, 0.1) is 11.7 Å². The molecule has 3 nitrogen and oxygen atoms in total. The summed E-state index contributed by atoms with van der Waals surface area (Å²) in [6.07, 6.45) is 3.38. The molecule has 0 radical (unpaired) electrons. The molecule has 1 aromatic carbocycles. The lowest BCUT2D eigenvalue weighted by Crippen LogP contribution is -2.02. The van der Waals surface area contributed by atoms with Gasteiger partial charge in [-0.1, -0.05) is 12.8 Å². The number of hydrogen-bond acceptors (Lipinski definition) is 3. The van der Waals surface area contributed by atoms with Gasteiger partial charge in [0.1, 0.15) is 16.5 Å². The molecule has 0 heterocycles. The molecule has 1 aromatic rings. The zero-order chi connectivity index (χ0) is 13.3. The Balaban J connectivity index is 2.14. The molecular weight excluding hydrogens is 347 g/mol. The van der Waals surface area contributed by atoms with Crippen LogP contribution in [0.15, 0.2) is 21.5 Å². The highest BCUT2D eigenvalue weighted by Gasteiger charge is 2.22. The van der Waals surface area contributed by atoms with Crippen LogP contribution < -0.4 is 4.74 Å². The van der Waals surface area contributed by atoms with Crippen molar-refractivity contribution >= 4 is 35.7 Å². The van der Waals surface area contributed by atoms with E-state index < -0.39 is 19.8 Å². The standard InChI is InChI=1S/C11H11BrClFO3S/c12-8-5-11(18(13,15)16)9(14)6-10(8)17-4-3-7-1-2-7/h5-7H,1-4H2. The number of halogens is 3. The molecule has 7 heteroatoms. The highest BCUT2D eigenvalue weighted by atomic mass is 79.9. The molecule has 0 atom stereocenters. The number of ether oxygens (including phenoxy) is 1. The first-order chi connectivity index (χ1) is 8.38. The quantitative estimate of drug-likeness (QED) is 0.755. The Bertz CT molecular complexity index is 558. The van der Waals surface area contributed by atoms with Gasteiger partial charge < -0.3 is 4.74 Å². The SMILES string of the molecule is O=S(=O)(Cl)c1cc(Br)c(OCCC2CC2)cc1F. The van der Waals surface area contributed by atoms with E-state index >= 15 is 0 Å². The maximum absolute atomic E-state index is 13.6. The van der Waals surface area contributed by atoms with Crippen LogP contribution in [0.1, 0.15) is 19.3 Å². The molecule has 0 bridgehead atoms. The monoisotopic (exact) mass is 356 g/mol. The molecule has 18 heavy (non-hydrogen) atoms. The number of benzene rings is 1. The van der Waals surface area contributed by atoms with Crippen molar-refractivity contribution in [1.82, 2.24) is 0 Å². The van der Waals surface area contributed by atoms with Gasteiger partial charge in [0.25, 0.3) is 9.05 Å². The minimum atomic E-state index is -4.09. The van der Waals surface area contributed by atoms with E-state index in [4.69, 9.17) is 15.4 Å². The van der Waals surface area contributed by atoms with Crippen molar-refractivity contribution in [2.45, 2.75) is 24.2 Å². The summed E-state index contributed by atoms with van der Waals surface area (Å²) < 4.78 is 41.5. The first kappa shape index (κ1) is 14.1. The summed E-state index contributed by atoms with van der Waals surface area (Å²) in [5, 5.41) is 0. The van der Waals surface area contributed by atoms with Crippen LogP contribution in [0.25, 0.3) is 0 Å². The molecule has 0 aliphatic heterocycles. The van der Waals surface area contributed by atoms with Crippen molar-refractivity contribution in [3.63, 3.8) is 0 Å². The Morgan fingerprint density at radius 3 is 2.67 bits per heavy atom. The molecule has 100 valence electrons. The number of rotatable bonds is 5. The van der Waals surface area contributed by atoms with E-state index in [1.165, 1.54) is 12.8 Å². The molecule has 0 N–H and O–H groups in total. The van der Waals surface area contributed by atoms with Crippen molar-refractivity contribution in [1.29, 1.82) is 0 Å². The van der Waals surface area contributed by atoms with E-state index in [2.05, 4.69) is 15.9 Å². The zero-order valence-corrected chi connectivity index (χ0v) is 12.5. The molecule has 0 unspecified atom stereocenters. The highest BCUT2D eigenvalue weighted by molar-refractivity contribution is 9.10. The van der Waals surface area contributed by atoms with Crippen LogP contribution in [0.3, 0.4) is 0 Å². The van der Waals surface area contributed by atoms with E-state index in [0.717, 1.165) is 24.5 Å². The Morgan fingerprint density at radius 2 is 2.11 bits per heavy atom. The van der Waals surface area contributed by atoms with Crippen molar-refractivity contribution < 1.29 is 17.5 Å². The lowest BCUT2D eigenvalue weighted by molar-refractivity contribution is 0.298. The number of hydrogen-bond donors (Lipinski definition) is 0. The predicted octanol–water partition coefficient (Wildman–Crippen LogP) is 3.69. The average Bonchev–Trinajstić information content (AvgIpc) is 3.05. The van der Waals surface area contributed by atoms with E-state index in [9.17, 15) is 12.8 Å². The Morgan fingerprint density at radius 1 is 1.44 bits per heavy atom. The van der Waals surface area contributed by atoms with Gasteiger partial charge in [0.05, 0.1) is 11.1 Å². The first-order valence-electron chi connectivity index (χ1n) is 5.44. The fourth-order valence-corrected chi connectivity index (χ4v) is 3.06. The van der Waals surface area contributed by atoms with Gasteiger partial charge in [0, 0.05) is 16.7 Å². The Labute approximate surface area is 118 Å². The largest absolute Gasteiger partial charge is 0.492 e. The van der Waals surface area contributed by atoms with E-state index in [1.54, 1.807) is 0 Å². The summed E-state index contributed by atoms with van der Waals surface area (Å²) in [4.78, 5) is -0.550. The maximum atomic E-state index is 13.6. The van der Waals surface area contributed by atoms with Crippen LogP contribution in [0.5, 0.6) is 5.75 Å². The minimum absolute atomic E-state index is 0.289. The molecule has 2 rings (SSSR count). The molecule has 1 aliphatic rings. The second-order valence-corrected chi connectivity index (χ2v) is 7.62. The van der Waals surface area contributed by atoms with Crippen LogP contribution in [-0.4, -0.2) is 15.0 Å². The smallest absolute Gasteiger partial charge is 0.264 e.